The maximum Gasteiger partial charge on any atom is 0.238 e. The lowest BCUT2D eigenvalue weighted by atomic mass is 9.97. The van der Waals surface area contributed by atoms with Crippen molar-refractivity contribution in [2.24, 2.45) is 0 Å². The second-order valence-electron chi connectivity index (χ2n) is 17.1. The Morgan fingerprint density at radius 3 is 1.29 bits per heavy atom. The molecule has 9 aromatic carbocycles. The molecule has 0 bridgehead atoms. The first kappa shape index (κ1) is 39.1. The predicted octanol–water partition coefficient (Wildman–Crippen LogP) is 15.5. The van der Waals surface area contributed by atoms with Crippen LogP contribution in [0.5, 0.6) is 0 Å². The SMILES string of the molecule is c1ccc(-c2cccc(-c3cc(-c4cccc(-n5c6ccccc6c6ccc7c8ccccc8n(-c8nc(-c9ccccc9)nc(-c9ccccc9)n8)c7c65)c4)cc(-c4ccccc4)n3)c2)cc1. The zero-order valence-corrected chi connectivity index (χ0v) is 36.8. The van der Waals surface area contributed by atoms with E-state index in [9.17, 15) is 0 Å². The fraction of sp³-hybridized carbons (Fsp3) is 0. The van der Waals surface area contributed by atoms with Crippen molar-refractivity contribution in [2.75, 3.05) is 0 Å². The minimum Gasteiger partial charge on any atom is -0.307 e. The minimum atomic E-state index is 0.552. The molecule has 0 fully saturated rings. The largest absolute Gasteiger partial charge is 0.307 e. The highest BCUT2D eigenvalue weighted by Gasteiger charge is 2.24. The van der Waals surface area contributed by atoms with Crippen molar-refractivity contribution in [3.05, 3.63) is 243 Å². The molecule has 0 unspecified atom stereocenters. The molecule has 13 aromatic rings. The third-order valence-corrected chi connectivity index (χ3v) is 13.0. The van der Waals surface area contributed by atoms with Crippen LogP contribution in [0.25, 0.3) is 123 Å². The monoisotopic (exact) mass is 868 g/mol. The molecule has 68 heavy (non-hydrogen) atoms. The van der Waals surface area contributed by atoms with Gasteiger partial charge in [-0.15, -0.1) is 0 Å². The molecular weight excluding hydrogens is 829 g/mol. The molecule has 0 saturated carbocycles. The Labute approximate surface area is 392 Å². The van der Waals surface area contributed by atoms with E-state index in [-0.39, 0.29) is 0 Å². The lowest BCUT2D eigenvalue weighted by Gasteiger charge is -2.15. The molecule has 6 nitrogen and oxygen atoms in total. The Kier molecular flexibility index (Phi) is 9.39. The number of hydrogen-bond acceptors (Lipinski definition) is 4. The Morgan fingerprint density at radius 1 is 0.250 bits per heavy atom. The second kappa shape index (κ2) is 16.3. The van der Waals surface area contributed by atoms with Gasteiger partial charge in [0.25, 0.3) is 0 Å². The molecule has 0 aliphatic heterocycles. The highest BCUT2D eigenvalue weighted by atomic mass is 15.2. The summed E-state index contributed by atoms with van der Waals surface area (Å²) in [6.45, 7) is 0. The first-order chi connectivity index (χ1) is 33.7. The molecule has 0 aliphatic carbocycles. The van der Waals surface area contributed by atoms with E-state index in [1.165, 1.54) is 5.56 Å². The van der Waals surface area contributed by atoms with Crippen molar-refractivity contribution in [3.8, 4) is 79.2 Å². The minimum absolute atomic E-state index is 0.552. The lowest BCUT2D eigenvalue weighted by molar-refractivity contribution is 0.953. The Balaban J connectivity index is 1.06. The second-order valence-corrected chi connectivity index (χ2v) is 17.1. The van der Waals surface area contributed by atoms with Gasteiger partial charge in [-0.25, -0.2) is 9.97 Å². The summed E-state index contributed by atoms with van der Waals surface area (Å²) >= 11 is 0. The maximum absolute atomic E-state index is 5.31. The molecule has 4 heterocycles. The maximum atomic E-state index is 5.31. The van der Waals surface area contributed by atoms with Gasteiger partial charge in [0.1, 0.15) is 0 Å². The van der Waals surface area contributed by atoms with E-state index >= 15 is 0 Å². The quantitative estimate of drug-likeness (QED) is 0.153. The summed E-state index contributed by atoms with van der Waals surface area (Å²) in [5.74, 6) is 1.77. The summed E-state index contributed by atoms with van der Waals surface area (Å²) in [4.78, 5) is 21.0. The standard InChI is InChI=1S/C62H40N6/c1-5-19-41(20-6-1)45-27-17-29-47(37-45)55-40-48(39-54(63-55)42-21-7-2-8-22-42)46-28-18-30-49(38-46)67-56-33-15-13-31-50(56)52-35-36-53-51-32-14-16-34-57(51)68(59(53)58(52)67)62-65-60(43-23-9-3-10-24-43)64-61(66-62)44-25-11-4-12-26-44/h1-40H. The van der Waals surface area contributed by atoms with Crippen LogP contribution in [0.2, 0.25) is 0 Å². The molecule has 6 heteroatoms. The van der Waals surface area contributed by atoms with Gasteiger partial charge in [-0.3, -0.25) is 4.57 Å². The van der Waals surface area contributed by atoms with E-state index in [1.807, 2.05) is 42.5 Å². The van der Waals surface area contributed by atoms with Crippen LogP contribution in [0.4, 0.5) is 0 Å². The van der Waals surface area contributed by atoms with Gasteiger partial charge in [0.2, 0.25) is 5.95 Å². The molecule has 4 aromatic heterocycles. The normalized spacial score (nSPS) is 11.5. The van der Waals surface area contributed by atoms with Crippen molar-refractivity contribution in [2.45, 2.75) is 0 Å². The summed E-state index contributed by atoms with van der Waals surface area (Å²) in [5, 5.41) is 4.53. The van der Waals surface area contributed by atoms with Gasteiger partial charge in [0.15, 0.2) is 11.6 Å². The number of pyridine rings is 1. The highest BCUT2D eigenvalue weighted by molar-refractivity contribution is 6.23. The average Bonchev–Trinajstić information content (AvgIpc) is 3.95. The van der Waals surface area contributed by atoms with Crippen LogP contribution >= 0.6 is 0 Å². The summed E-state index contributed by atoms with van der Waals surface area (Å²) < 4.78 is 4.67. The van der Waals surface area contributed by atoms with Gasteiger partial charge in [0.05, 0.1) is 33.5 Å². The van der Waals surface area contributed by atoms with E-state index in [2.05, 4.69) is 209 Å². The summed E-state index contributed by atoms with van der Waals surface area (Å²) in [6, 6.07) is 85.2. The van der Waals surface area contributed by atoms with Crippen LogP contribution in [0.15, 0.2) is 243 Å². The van der Waals surface area contributed by atoms with Gasteiger partial charge >= 0.3 is 0 Å². The summed E-state index contributed by atoms with van der Waals surface area (Å²) in [5.41, 5.74) is 15.5. The van der Waals surface area contributed by atoms with E-state index in [1.54, 1.807) is 0 Å². The van der Waals surface area contributed by atoms with Gasteiger partial charge in [-0.05, 0) is 64.7 Å². The van der Waals surface area contributed by atoms with E-state index in [0.717, 1.165) is 99.6 Å². The molecule has 0 atom stereocenters. The molecular formula is C62H40N6. The number of benzene rings is 9. The smallest absolute Gasteiger partial charge is 0.238 e. The van der Waals surface area contributed by atoms with Crippen LogP contribution in [0, 0.1) is 0 Å². The molecule has 0 N–H and O–H groups in total. The summed E-state index contributed by atoms with van der Waals surface area (Å²) in [7, 11) is 0. The number of hydrogen-bond donors (Lipinski definition) is 0. The first-order valence-corrected chi connectivity index (χ1v) is 22.9. The number of rotatable bonds is 8. The zero-order chi connectivity index (χ0) is 45.0. The van der Waals surface area contributed by atoms with Gasteiger partial charge < -0.3 is 4.57 Å². The molecule has 0 saturated heterocycles. The molecule has 318 valence electrons. The van der Waals surface area contributed by atoms with Crippen molar-refractivity contribution in [3.63, 3.8) is 0 Å². The topological polar surface area (TPSA) is 61.4 Å². The Bertz CT molecular complexity index is 3950. The van der Waals surface area contributed by atoms with E-state index < -0.39 is 0 Å². The third kappa shape index (κ3) is 6.74. The molecule has 0 radical (unpaired) electrons. The van der Waals surface area contributed by atoms with Crippen molar-refractivity contribution < 1.29 is 0 Å². The van der Waals surface area contributed by atoms with Gasteiger partial charge in [-0.2, -0.15) is 9.97 Å². The van der Waals surface area contributed by atoms with Crippen molar-refractivity contribution >= 4 is 43.6 Å². The predicted molar refractivity (Wildman–Crippen MR) is 279 cm³/mol. The molecule has 0 aliphatic rings. The van der Waals surface area contributed by atoms with Crippen LogP contribution in [-0.2, 0) is 0 Å². The van der Waals surface area contributed by atoms with Crippen LogP contribution in [-0.4, -0.2) is 29.1 Å². The number of fused-ring (bicyclic) bond motifs is 7. The number of aromatic nitrogens is 6. The van der Waals surface area contributed by atoms with Crippen LogP contribution < -0.4 is 0 Å². The molecule has 13 rings (SSSR count). The van der Waals surface area contributed by atoms with Gasteiger partial charge in [0, 0.05) is 49.5 Å². The highest BCUT2D eigenvalue weighted by Crippen LogP contribution is 2.42. The summed E-state index contributed by atoms with van der Waals surface area (Å²) in [6.07, 6.45) is 0. The molecule has 0 amide bonds. The Morgan fingerprint density at radius 2 is 0.691 bits per heavy atom. The first-order valence-electron chi connectivity index (χ1n) is 22.9. The average molecular weight is 869 g/mol. The van der Waals surface area contributed by atoms with Crippen LogP contribution in [0.3, 0.4) is 0 Å². The van der Waals surface area contributed by atoms with Gasteiger partial charge in [-0.1, -0.05) is 200 Å². The fourth-order valence-electron chi connectivity index (χ4n) is 9.79. The fourth-order valence-corrected chi connectivity index (χ4v) is 9.79. The van der Waals surface area contributed by atoms with Crippen molar-refractivity contribution in [1.82, 2.24) is 29.1 Å². The zero-order valence-electron chi connectivity index (χ0n) is 36.8. The Hall–Kier alpha value is -9.26. The van der Waals surface area contributed by atoms with E-state index in [4.69, 9.17) is 19.9 Å². The lowest BCUT2D eigenvalue weighted by Crippen LogP contribution is -2.07. The number of para-hydroxylation sites is 2. The third-order valence-electron chi connectivity index (χ3n) is 13.0. The van der Waals surface area contributed by atoms with E-state index in [0.29, 0.717) is 17.6 Å². The van der Waals surface area contributed by atoms with Crippen LogP contribution in [0.1, 0.15) is 0 Å². The van der Waals surface area contributed by atoms with Crippen molar-refractivity contribution in [1.29, 1.82) is 0 Å². The number of nitrogens with zero attached hydrogens (tertiary/aromatic N) is 6. The molecule has 0 spiro atoms.